The van der Waals surface area contributed by atoms with Gasteiger partial charge in [0.25, 0.3) is 5.91 Å². The number of fused-ring (bicyclic) bond motifs is 2. The highest BCUT2D eigenvalue weighted by Gasteiger charge is 2.47. The molecule has 3 heterocycles. The zero-order valence-electron chi connectivity index (χ0n) is 20.3. The normalized spacial score (nSPS) is 20.2. The van der Waals surface area contributed by atoms with E-state index in [1.165, 1.54) is 18.2 Å². The number of halogens is 2. The number of carbonyl (C=O) groups is 2. The van der Waals surface area contributed by atoms with E-state index < -0.39 is 5.82 Å². The quantitative estimate of drug-likeness (QED) is 0.648. The lowest BCUT2D eigenvalue weighted by molar-refractivity contribution is 0.0530. The summed E-state index contributed by atoms with van der Waals surface area (Å²) < 4.78 is 27.7. The Morgan fingerprint density at radius 2 is 1.63 bits per heavy atom. The summed E-state index contributed by atoms with van der Waals surface area (Å²) in [6, 6.07) is 11.0. The van der Waals surface area contributed by atoms with E-state index in [1.54, 1.807) is 48.2 Å². The Kier molecular flexibility index (Phi) is 6.25. The summed E-state index contributed by atoms with van der Waals surface area (Å²) in [5.41, 5.74) is 1.94. The average molecular weight is 483 g/mol. The van der Waals surface area contributed by atoms with E-state index in [2.05, 4.69) is 4.90 Å². The van der Waals surface area contributed by atoms with Crippen LogP contribution in [-0.4, -0.2) is 79.5 Å². The maximum absolute atomic E-state index is 14.2. The molecule has 8 heteroatoms. The van der Waals surface area contributed by atoms with Gasteiger partial charge < -0.3 is 14.7 Å². The Morgan fingerprint density at radius 1 is 0.943 bits per heavy atom. The summed E-state index contributed by atoms with van der Waals surface area (Å²) in [4.78, 5) is 33.3. The van der Waals surface area contributed by atoms with E-state index >= 15 is 0 Å². The summed E-state index contributed by atoms with van der Waals surface area (Å²) in [5, 5.41) is 0. The molecule has 0 radical (unpaired) electrons. The van der Waals surface area contributed by atoms with Crippen molar-refractivity contribution in [2.75, 3.05) is 51.7 Å². The minimum Gasteiger partial charge on any atom is -0.339 e. The number of benzene rings is 2. The Morgan fingerprint density at radius 3 is 2.29 bits per heavy atom. The maximum atomic E-state index is 14.2. The summed E-state index contributed by atoms with van der Waals surface area (Å²) >= 11 is 0. The maximum Gasteiger partial charge on any atom is 0.323 e. The lowest BCUT2D eigenvalue weighted by Gasteiger charge is -2.45. The van der Waals surface area contributed by atoms with Gasteiger partial charge in [0.2, 0.25) is 0 Å². The fourth-order valence-electron chi connectivity index (χ4n) is 6.04. The van der Waals surface area contributed by atoms with Gasteiger partial charge in [0.05, 0.1) is 0 Å². The Hall–Kier alpha value is -3.00. The van der Waals surface area contributed by atoms with Gasteiger partial charge in [-0.25, -0.2) is 13.6 Å². The Balaban J connectivity index is 1.23. The lowest BCUT2D eigenvalue weighted by atomic mass is 9.74. The zero-order valence-corrected chi connectivity index (χ0v) is 20.3. The molecule has 0 aromatic heterocycles. The summed E-state index contributed by atoms with van der Waals surface area (Å²) in [6.45, 7) is 3.64. The van der Waals surface area contributed by atoms with Crippen LogP contribution in [0.2, 0.25) is 0 Å². The number of amides is 3. The smallest absolute Gasteiger partial charge is 0.323 e. The highest BCUT2D eigenvalue weighted by Crippen LogP contribution is 2.48. The second-order valence-electron chi connectivity index (χ2n) is 10.3. The summed E-state index contributed by atoms with van der Waals surface area (Å²) in [5.74, 6) is -0.775. The monoisotopic (exact) mass is 482 g/mol. The van der Waals surface area contributed by atoms with Crippen LogP contribution < -0.4 is 4.90 Å². The number of rotatable bonds is 2. The first kappa shape index (κ1) is 23.7. The zero-order chi connectivity index (χ0) is 24.7. The third kappa shape index (κ3) is 4.40. The first-order valence-corrected chi connectivity index (χ1v) is 12.4. The van der Waals surface area contributed by atoms with Crippen molar-refractivity contribution in [2.45, 2.75) is 37.1 Å². The topological polar surface area (TPSA) is 47.1 Å². The van der Waals surface area contributed by atoms with Crippen molar-refractivity contribution < 1.29 is 18.4 Å². The molecule has 2 aromatic carbocycles. The van der Waals surface area contributed by atoms with E-state index in [4.69, 9.17) is 0 Å². The predicted octanol–water partition coefficient (Wildman–Crippen LogP) is 4.10. The number of carbonyl (C=O) groups excluding carboxylic acids is 2. The molecule has 3 aliphatic heterocycles. The van der Waals surface area contributed by atoms with Crippen LogP contribution in [0.25, 0.3) is 0 Å². The van der Waals surface area contributed by atoms with Crippen LogP contribution in [-0.2, 0) is 5.41 Å². The van der Waals surface area contributed by atoms with E-state index in [1.807, 2.05) is 4.90 Å². The number of hydrogen-bond donors (Lipinski definition) is 0. The predicted molar refractivity (Wildman–Crippen MR) is 131 cm³/mol. The van der Waals surface area contributed by atoms with Crippen molar-refractivity contribution in [1.29, 1.82) is 0 Å². The SMILES string of the molecule is CN(C)C(=O)N1CC2(CCN(C3CCN(C(=O)c4cccc(F)c4)CC3)CC2)c2cc(F)ccc21. The second-order valence-corrected chi connectivity index (χ2v) is 10.3. The van der Waals surface area contributed by atoms with Crippen LogP contribution in [0.3, 0.4) is 0 Å². The van der Waals surface area contributed by atoms with E-state index in [0.29, 0.717) is 31.2 Å². The number of nitrogens with zero attached hydrogens (tertiary/aromatic N) is 4. The highest BCUT2D eigenvalue weighted by atomic mass is 19.1. The van der Waals surface area contributed by atoms with E-state index in [9.17, 15) is 18.4 Å². The fourth-order valence-corrected chi connectivity index (χ4v) is 6.04. The standard InChI is InChI=1S/C27H32F2N4O2/c1-30(2)26(35)33-18-27(23-17-21(29)6-7-24(23)33)10-14-31(15-11-27)22-8-12-32(13-9-22)25(34)19-4-3-5-20(28)16-19/h3-7,16-17,22H,8-15,18H2,1-2H3. The molecule has 0 atom stereocenters. The molecule has 2 saturated heterocycles. The van der Waals surface area contributed by atoms with Crippen molar-refractivity contribution in [1.82, 2.24) is 14.7 Å². The summed E-state index contributed by atoms with van der Waals surface area (Å²) in [6.07, 6.45) is 3.49. The third-order valence-electron chi connectivity index (χ3n) is 7.99. The van der Waals surface area contributed by atoms with Gasteiger partial charge in [-0.3, -0.25) is 9.69 Å². The van der Waals surface area contributed by atoms with Crippen LogP contribution in [0.1, 0.15) is 41.6 Å². The van der Waals surface area contributed by atoms with Gasteiger partial charge in [0.1, 0.15) is 11.6 Å². The molecule has 0 saturated carbocycles. The molecule has 1 spiro atoms. The molecule has 5 rings (SSSR count). The third-order valence-corrected chi connectivity index (χ3v) is 7.99. The molecule has 3 amide bonds. The molecule has 0 unspecified atom stereocenters. The van der Waals surface area contributed by atoms with Crippen LogP contribution in [0.4, 0.5) is 19.3 Å². The average Bonchev–Trinajstić information content (AvgIpc) is 3.16. The van der Waals surface area contributed by atoms with Gasteiger partial charge in [-0.1, -0.05) is 6.07 Å². The largest absolute Gasteiger partial charge is 0.339 e. The lowest BCUT2D eigenvalue weighted by Crippen LogP contribution is -2.52. The van der Waals surface area contributed by atoms with E-state index in [0.717, 1.165) is 50.0 Å². The fraction of sp³-hybridized carbons (Fsp3) is 0.481. The molecule has 2 aromatic rings. The van der Waals surface area contributed by atoms with Crippen molar-refractivity contribution in [3.8, 4) is 0 Å². The van der Waals surface area contributed by atoms with Gasteiger partial charge in [-0.15, -0.1) is 0 Å². The first-order valence-electron chi connectivity index (χ1n) is 12.4. The molecular weight excluding hydrogens is 450 g/mol. The molecule has 186 valence electrons. The van der Waals surface area contributed by atoms with Crippen LogP contribution in [0, 0.1) is 11.6 Å². The minimum absolute atomic E-state index is 0.0764. The van der Waals surface area contributed by atoms with Crippen LogP contribution in [0.15, 0.2) is 42.5 Å². The number of likely N-dealkylation sites (tertiary alicyclic amines) is 2. The van der Waals surface area contributed by atoms with Gasteiger partial charge in [-0.2, -0.15) is 0 Å². The van der Waals surface area contributed by atoms with Gasteiger partial charge in [0, 0.05) is 56.4 Å². The number of anilines is 1. The summed E-state index contributed by atoms with van der Waals surface area (Å²) in [7, 11) is 3.48. The number of hydrogen-bond acceptors (Lipinski definition) is 3. The number of piperidine rings is 2. The van der Waals surface area contributed by atoms with Gasteiger partial charge >= 0.3 is 6.03 Å². The van der Waals surface area contributed by atoms with Crippen molar-refractivity contribution in [3.05, 3.63) is 65.2 Å². The first-order chi connectivity index (χ1) is 16.8. The molecule has 6 nitrogen and oxygen atoms in total. The molecule has 2 fully saturated rings. The molecule has 0 aliphatic carbocycles. The van der Waals surface area contributed by atoms with Crippen LogP contribution >= 0.6 is 0 Å². The van der Waals surface area contributed by atoms with Crippen molar-refractivity contribution >= 4 is 17.6 Å². The van der Waals surface area contributed by atoms with E-state index in [-0.39, 0.29) is 23.2 Å². The number of urea groups is 1. The van der Waals surface area contributed by atoms with Crippen LogP contribution in [0.5, 0.6) is 0 Å². The Bertz CT molecular complexity index is 1120. The second kappa shape index (κ2) is 9.22. The molecule has 3 aliphatic rings. The minimum atomic E-state index is -0.396. The molecule has 0 bridgehead atoms. The van der Waals surface area contributed by atoms with Gasteiger partial charge in [-0.05, 0) is 80.7 Å². The molecule has 0 N–H and O–H groups in total. The van der Waals surface area contributed by atoms with Crippen molar-refractivity contribution in [2.24, 2.45) is 0 Å². The van der Waals surface area contributed by atoms with Crippen molar-refractivity contribution in [3.63, 3.8) is 0 Å². The molecular formula is C27H32F2N4O2. The molecule has 35 heavy (non-hydrogen) atoms. The Labute approximate surface area is 205 Å². The van der Waals surface area contributed by atoms with Gasteiger partial charge in [0.15, 0.2) is 0 Å². The highest BCUT2D eigenvalue weighted by molar-refractivity contribution is 5.95.